The fourth-order valence-corrected chi connectivity index (χ4v) is 1.31. The van der Waals surface area contributed by atoms with E-state index in [4.69, 9.17) is 10.4 Å². The average Bonchev–Trinajstić information content (AvgIpc) is 2.19. The molecular formula is C10H5BrFNO2. The van der Waals surface area contributed by atoms with E-state index in [0.29, 0.717) is 0 Å². The molecule has 1 N–H and O–H groups in total. The number of hydrogen-bond donors (Lipinski definition) is 1. The summed E-state index contributed by atoms with van der Waals surface area (Å²) in [5.41, 5.74) is -0.449. The van der Waals surface area contributed by atoms with Gasteiger partial charge >= 0.3 is 5.97 Å². The third-order valence-corrected chi connectivity index (χ3v) is 2.24. The van der Waals surface area contributed by atoms with Gasteiger partial charge in [0.15, 0.2) is 0 Å². The number of carboxylic acids is 1. The zero-order chi connectivity index (χ0) is 11.4. The maximum absolute atomic E-state index is 13.4. The van der Waals surface area contributed by atoms with Crippen molar-refractivity contribution in [3.05, 3.63) is 39.6 Å². The highest BCUT2D eigenvalue weighted by Crippen LogP contribution is 2.20. The summed E-state index contributed by atoms with van der Waals surface area (Å²) in [6.07, 6.45) is 0.989. The Bertz CT molecular complexity index is 477. The molecule has 0 heterocycles. The van der Waals surface area contributed by atoms with Crippen LogP contribution in [0.4, 0.5) is 4.39 Å². The van der Waals surface area contributed by atoms with Crippen LogP contribution < -0.4 is 0 Å². The summed E-state index contributed by atoms with van der Waals surface area (Å²) < 4.78 is 13.6. The predicted octanol–water partition coefficient (Wildman–Crippen LogP) is 2.58. The van der Waals surface area contributed by atoms with Crippen molar-refractivity contribution < 1.29 is 14.3 Å². The van der Waals surface area contributed by atoms with Crippen LogP contribution in [0, 0.1) is 17.1 Å². The topological polar surface area (TPSA) is 61.1 Å². The lowest BCUT2D eigenvalue weighted by Gasteiger charge is -1.98. The summed E-state index contributed by atoms with van der Waals surface area (Å²) in [6.45, 7) is 0. The Morgan fingerprint density at radius 3 is 2.80 bits per heavy atom. The van der Waals surface area contributed by atoms with Crippen molar-refractivity contribution in [1.29, 1.82) is 5.26 Å². The molecule has 0 aliphatic rings. The molecule has 0 aliphatic carbocycles. The number of carbonyl (C=O) groups is 1. The highest BCUT2D eigenvalue weighted by molar-refractivity contribution is 9.10. The van der Waals surface area contributed by atoms with Gasteiger partial charge in [-0.1, -0.05) is 12.1 Å². The Kier molecular flexibility index (Phi) is 3.58. The summed E-state index contributed by atoms with van der Waals surface area (Å²) in [4.78, 5) is 10.5. The van der Waals surface area contributed by atoms with E-state index < -0.39 is 17.4 Å². The van der Waals surface area contributed by atoms with Crippen LogP contribution in [0.2, 0.25) is 0 Å². The molecule has 76 valence electrons. The zero-order valence-corrected chi connectivity index (χ0v) is 8.95. The Hall–Kier alpha value is -1.67. The first-order chi connectivity index (χ1) is 7.06. The van der Waals surface area contributed by atoms with E-state index in [0.717, 1.165) is 6.08 Å². The Balaban J connectivity index is 3.25. The molecule has 0 aromatic heterocycles. The number of nitrogens with zero attached hydrogens (tertiary/aromatic N) is 1. The lowest BCUT2D eigenvalue weighted by Crippen LogP contribution is -1.98. The highest BCUT2D eigenvalue weighted by atomic mass is 79.9. The van der Waals surface area contributed by atoms with Crippen molar-refractivity contribution in [3.63, 3.8) is 0 Å². The summed E-state index contributed by atoms with van der Waals surface area (Å²) in [5, 5.41) is 17.1. The van der Waals surface area contributed by atoms with Gasteiger partial charge in [-0.05, 0) is 28.1 Å². The van der Waals surface area contributed by atoms with Gasteiger partial charge in [0.25, 0.3) is 0 Å². The van der Waals surface area contributed by atoms with Crippen LogP contribution in [0.15, 0.2) is 28.2 Å². The van der Waals surface area contributed by atoms with Crippen LogP contribution in [0.5, 0.6) is 0 Å². The summed E-state index contributed by atoms with van der Waals surface area (Å²) in [7, 11) is 0. The minimum Gasteiger partial charge on any atom is -0.477 e. The van der Waals surface area contributed by atoms with E-state index in [1.54, 1.807) is 6.07 Å². The molecule has 1 aromatic carbocycles. The lowest BCUT2D eigenvalue weighted by atomic mass is 10.1. The number of carboxylic acid groups (broad SMARTS) is 1. The number of aliphatic carboxylic acids is 1. The molecule has 0 amide bonds. The predicted molar refractivity (Wildman–Crippen MR) is 55.3 cm³/mol. The molecule has 0 spiro atoms. The van der Waals surface area contributed by atoms with Crippen molar-refractivity contribution in [2.24, 2.45) is 0 Å². The largest absolute Gasteiger partial charge is 0.477 e. The van der Waals surface area contributed by atoms with Crippen LogP contribution in [-0.4, -0.2) is 11.1 Å². The molecule has 0 unspecified atom stereocenters. The van der Waals surface area contributed by atoms with Gasteiger partial charge in [-0.15, -0.1) is 0 Å². The van der Waals surface area contributed by atoms with Gasteiger partial charge in [-0.2, -0.15) is 5.26 Å². The molecule has 0 saturated heterocycles. The molecule has 1 rings (SSSR count). The molecular weight excluding hydrogens is 265 g/mol. The van der Waals surface area contributed by atoms with Gasteiger partial charge in [0.05, 0.1) is 4.47 Å². The Labute approximate surface area is 93.6 Å². The van der Waals surface area contributed by atoms with Crippen molar-refractivity contribution in [2.75, 3.05) is 0 Å². The second kappa shape index (κ2) is 4.71. The summed E-state index contributed by atoms with van der Waals surface area (Å²) in [5.74, 6) is -1.97. The van der Waals surface area contributed by atoms with Crippen molar-refractivity contribution in [2.45, 2.75) is 0 Å². The molecule has 0 fully saturated rings. The Morgan fingerprint density at radius 2 is 2.27 bits per heavy atom. The normalized spacial score (nSPS) is 10.9. The minimum absolute atomic E-state index is 0.0586. The fourth-order valence-electron chi connectivity index (χ4n) is 0.929. The van der Waals surface area contributed by atoms with Crippen LogP contribution >= 0.6 is 15.9 Å². The van der Waals surface area contributed by atoms with E-state index in [2.05, 4.69) is 15.9 Å². The molecule has 1 aromatic rings. The molecule has 0 saturated carbocycles. The number of halogens is 2. The van der Waals surface area contributed by atoms with Crippen molar-refractivity contribution in [1.82, 2.24) is 0 Å². The van der Waals surface area contributed by atoms with Crippen LogP contribution in [0.3, 0.4) is 0 Å². The average molecular weight is 270 g/mol. The van der Waals surface area contributed by atoms with E-state index in [1.807, 2.05) is 0 Å². The van der Waals surface area contributed by atoms with E-state index in [1.165, 1.54) is 18.2 Å². The van der Waals surface area contributed by atoms with Gasteiger partial charge in [0, 0.05) is 5.56 Å². The summed E-state index contributed by atoms with van der Waals surface area (Å²) >= 11 is 2.96. The first-order valence-electron chi connectivity index (χ1n) is 3.85. The van der Waals surface area contributed by atoms with Crippen molar-refractivity contribution >= 4 is 28.0 Å². The quantitative estimate of drug-likeness (QED) is 0.663. The Morgan fingerprint density at radius 1 is 1.60 bits per heavy atom. The van der Waals surface area contributed by atoms with Gasteiger partial charge in [-0.25, -0.2) is 9.18 Å². The van der Waals surface area contributed by atoms with Crippen LogP contribution in [0.1, 0.15) is 5.56 Å². The number of benzene rings is 1. The molecule has 0 aliphatic heterocycles. The second-order valence-electron chi connectivity index (χ2n) is 2.62. The highest BCUT2D eigenvalue weighted by Gasteiger charge is 2.09. The molecule has 0 atom stereocenters. The standard InChI is InChI=1S/C10H5BrFNO2/c11-8-3-1-2-6(9(8)12)4-7(5-13)10(14)15/h1-4H,(H,14,15)/b7-4+. The molecule has 0 radical (unpaired) electrons. The number of hydrogen-bond acceptors (Lipinski definition) is 2. The van der Waals surface area contributed by atoms with E-state index in [-0.39, 0.29) is 10.0 Å². The molecule has 3 nitrogen and oxygen atoms in total. The first kappa shape index (κ1) is 11.4. The van der Waals surface area contributed by atoms with Crippen LogP contribution in [0.25, 0.3) is 6.08 Å². The SMILES string of the molecule is N#C/C(=C\c1cccc(Br)c1F)C(=O)O. The van der Waals surface area contributed by atoms with E-state index >= 15 is 0 Å². The van der Waals surface area contributed by atoms with E-state index in [9.17, 15) is 9.18 Å². The smallest absolute Gasteiger partial charge is 0.346 e. The van der Waals surface area contributed by atoms with Gasteiger partial charge in [-0.3, -0.25) is 0 Å². The molecule has 5 heteroatoms. The maximum Gasteiger partial charge on any atom is 0.346 e. The molecule has 15 heavy (non-hydrogen) atoms. The molecule has 0 bridgehead atoms. The first-order valence-corrected chi connectivity index (χ1v) is 4.64. The minimum atomic E-state index is -1.38. The number of nitriles is 1. The summed E-state index contributed by atoms with van der Waals surface area (Å²) in [6, 6.07) is 5.90. The fraction of sp³-hybridized carbons (Fsp3) is 0. The monoisotopic (exact) mass is 269 g/mol. The third kappa shape index (κ3) is 2.64. The lowest BCUT2D eigenvalue weighted by molar-refractivity contribution is -0.132. The number of rotatable bonds is 2. The third-order valence-electron chi connectivity index (χ3n) is 1.63. The van der Waals surface area contributed by atoms with Gasteiger partial charge in [0.1, 0.15) is 17.5 Å². The maximum atomic E-state index is 13.4. The van der Waals surface area contributed by atoms with Gasteiger partial charge < -0.3 is 5.11 Å². The zero-order valence-electron chi connectivity index (χ0n) is 7.37. The van der Waals surface area contributed by atoms with Crippen LogP contribution in [-0.2, 0) is 4.79 Å². The van der Waals surface area contributed by atoms with Gasteiger partial charge in [0.2, 0.25) is 0 Å². The van der Waals surface area contributed by atoms with Crippen molar-refractivity contribution in [3.8, 4) is 6.07 Å². The second-order valence-corrected chi connectivity index (χ2v) is 3.47.